The van der Waals surface area contributed by atoms with E-state index in [0.29, 0.717) is 5.11 Å². The molecular formula is C23H34N4S. The van der Waals surface area contributed by atoms with E-state index in [4.69, 9.17) is 12.2 Å². The van der Waals surface area contributed by atoms with Crippen molar-refractivity contribution in [3.8, 4) is 0 Å². The number of likely N-dealkylation sites (tertiary alicyclic amines) is 2. The van der Waals surface area contributed by atoms with Gasteiger partial charge in [-0.2, -0.15) is 0 Å². The Bertz CT molecular complexity index is 691. The summed E-state index contributed by atoms with van der Waals surface area (Å²) < 4.78 is 0. The molecule has 2 fully saturated rings. The van der Waals surface area contributed by atoms with Gasteiger partial charge < -0.3 is 20.4 Å². The van der Waals surface area contributed by atoms with E-state index < -0.39 is 0 Å². The average molecular weight is 399 g/mol. The lowest BCUT2D eigenvalue weighted by molar-refractivity contribution is 0.310. The van der Waals surface area contributed by atoms with Crippen molar-refractivity contribution < 1.29 is 0 Å². The number of nitrogens with one attached hydrogen (secondary N) is 2. The average Bonchev–Trinajstić information content (AvgIpc) is 3.19. The van der Waals surface area contributed by atoms with Gasteiger partial charge in [0.25, 0.3) is 0 Å². The Balaban J connectivity index is 1.56. The number of anilines is 1. The summed E-state index contributed by atoms with van der Waals surface area (Å²) in [5, 5.41) is 7.47. The van der Waals surface area contributed by atoms with E-state index in [-0.39, 0.29) is 6.04 Å². The van der Waals surface area contributed by atoms with Crippen LogP contribution in [-0.2, 0) is 6.42 Å². The molecule has 2 saturated heterocycles. The Labute approximate surface area is 175 Å². The zero-order valence-electron chi connectivity index (χ0n) is 17.2. The first-order valence-corrected chi connectivity index (χ1v) is 11.0. The highest BCUT2D eigenvalue weighted by Gasteiger charge is 2.24. The first kappa shape index (κ1) is 20.7. The van der Waals surface area contributed by atoms with Crippen LogP contribution in [0.2, 0.25) is 0 Å². The van der Waals surface area contributed by atoms with Crippen molar-refractivity contribution in [2.24, 2.45) is 0 Å². The lowest BCUT2D eigenvalue weighted by atomic mass is 10.1. The van der Waals surface area contributed by atoms with Gasteiger partial charge in [-0.1, -0.05) is 32.2 Å². The van der Waals surface area contributed by atoms with E-state index >= 15 is 0 Å². The Hall–Kier alpha value is -2.01. The van der Waals surface area contributed by atoms with Crippen LogP contribution < -0.4 is 10.6 Å². The largest absolute Gasteiger partial charge is 0.374 e. The minimum absolute atomic E-state index is 0.170. The second kappa shape index (κ2) is 9.97. The first-order chi connectivity index (χ1) is 13.6. The molecule has 0 radical (unpaired) electrons. The summed E-state index contributed by atoms with van der Waals surface area (Å²) >= 11 is 5.58. The molecule has 1 unspecified atom stereocenters. The Kier molecular flexibility index (Phi) is 7.37. The van der Waals surface area contributed by atoms with E-state index in [1.807, 2.05) is 0 Å². The second-order valence-electron chi connectivity index (χ2n) is 7.87. The lowest BCUT2D eigenvalue weighted by Gasteiger charge is -2.33. The number of thiocarbonyl (C=S) groups is 1. The summed E-state index contributed by atoms with van der Waals surface area (Å²) in [4.78, 5) is 4.82. The number of nitrogens with zero attached hydrogens (tertiary/aromatic N) is 2. The van der Waals surface area contributed by atoms with Crippen LogP contribution in [0.15, 0.2) is 48.8 Å². The molecule has 28 heavy (non-hydrogen) atoms. The van der Waals surface area contributed by atoms with Gasteiger partial charge in [0.15, 0.2) is 5.11 Å². The van der Waals surface area contributed by atoms with Gasteiger partial charge in [-0.3, -0.25) is 0 Å². The molecule has 0 bridgehead atoms. The van der Waals surface area contributed by atoms with Gasteiger partial charge in [0.2, 0.25) is 0 Å². The number of hydrogen-bond donors (Lipinski definition) is 2. The molecule has 2 aliphatic rings. The molecule has 0 aromatic heterocycles. The van der Waals surface area contributed by atoms with Gasteiger partial charge in [0, 0.05) is 36.7 Å². The first-order valence-electron chi connectivity index (χ1n) is 10.6. The third kappa shape index (κ3) is 5.51. The van der Waals surface area contributed by atoms with Gasteiger partial charge in [-0.15, -0.1) is 0 Å². The Morgan fingerprint density at radius 3 is 2.46 bits per heavy atom. The Morgan fingerprint density at radius 1 is 1.11 bits per heavy atom. The van der Waals surface area contributed by atoms with Crippen molar-refractivity contribution in [2.45, 2.75) is 51.5 Å². The van der Waals surface area contributed by atoms with Crippen molar-refractivity contribution in [3.05, 3.63) is 54.4 Å². The van der Waals surface area contributed by atoms with Crippen LogP contribution >= 0.6 is 12.2 Å². The molecule has 0 spiro atoms. The fourth-order valence-corrected chi connectivity index (χ4v) is 4.28. The lowest BCUT2D eigenvalue weighted by Crippen LogP contribution is -2.43. The molecule has 0 amide bonds. The van der Waals surface area contributed by atoms with E-state index in [9.17, 15) is 0 Å². The van der Waals surface area contributed by atoms with Gasteiger partial charge in [0.1, 0.15) is 0 Å². The molecule has 2 N–H and O–H groups in total. The van der Waals surface area contributed by atoms with E-state index in [1.54, 1.807) is 0 Å². The maximum atomic E-state index is 5.58. The summed E-state index contributed by atoms with van der Waals surface area (Å²) in [5.41, 5.74) is 4.70. The van der Waals surface area contributed by atoms with Crippen molar-refractivity contribution >= 4 is 23.0 Å². The fourth-order valence-electron chi connectivity index (χ4n) is 4.02. The number of hydrogen-bond acceptors (Lipinski definition) is 3. The van der Waals surface area contributed by atoms with Crippen LogP contribution in [0.25, 0.3) is 0 Å². The monoisotopic (exact) mass is 398 g/mol. The highest BCUT2D eigenvalue weighted by Crippen LogP contribution is 2.23. The number of benzene rings is 1. The summed E-state index contributed by atoms with van der Waals surface area (Å²) in [6.45, 7) is 15.1. The van der Waals surface area contributed by atoms with Crippen molar-refractivity contribution in [2.75, 3.05) is 31.5 Å². The molecule has 1 atom stereocenters. The minimum Gasteiger partial charge on any atom is -0.374 e. The SMILES string of the molecule is C=C(CN1CCCCC(NC(=S)Nc2ccc(CC)cc2)C1=C)N1CCCC1. The van der Waals surface area contributed by atoms with Gasteiger partial charge in [0.05, 0.1) is 12.6 Å². The van der Waals surface area contributed by atoms with E-state index in [1.165, 1.54) is 36.9 Å². The van der Waals surface area contributed by atoms with Crippen molar-refractivity contribution in [3.63, 3.8) is 0 Å². The molecule has 2 aliphatic heterocycles. The Morgan fingerprint density at radius 2 is 1.79 bits per heavy atom. The molecule has 152 valence electrons. The number of rotatable bonds is 6. The van der Waals surface area contributed by atoms with Crippen LogP contribution in [0.5, 0.6) is 0 Å². The maximum absolute atomic E-state index is 5.58. The molecule has 4 nitrogen and oxygen atoms in total. The second-order valence-corrected chi connectivity index (χ2v) is 8.28. The topological polar surface area (TPSA) is 30.5 Å². The van der Waals surface area contributed by atoms with Crippen LogP contribution in [0, 0.1) is 0 Å². The third-order valence-corrected chi connectivity index (χ3v) is 6.05. The smallest absolute Gasteiger partial charge is 0.171 e. The van der Waals surface area contributed by atoms with Gasteiger partial charge in [-0.25, -0.2) is 0 Å². The van der Waals surface area contributed by atoms with E-state index in [2.05, 4.69) is 64.8 Å². The predicted octanol–water partition coefficient (Wildman–Crippen LogP) is 4.51. The quantitative estimate of drug-likeness (QED) is 0.689. The zero-order valence-corrected chi connectivity index (χ0v) is 18.0. The van der Waals surface area contributed by atoms with Crippen molar-refractivity contribution in [1.82, 2.24) is 15.1 Å². The summed E-state index contributed by atoms with van der Waals surface area (Å²) in [5.74, 6) is 0. The fraction of sp³-hybridized carbons (Fsp3) is 0.522. The van der Waals surface area contributed by atoms with Crippen LogP contribution in [0.4, 0.5) is 5.69 Å². The minimum atomic E-state index is 0.170. The molecular weight excluding hydrogens is 364 g/mol. The number of aryl methyl sites for hydroxylation is 1. The third-order valence-electron chi connectivity index (χ3n) is 5.83. The van der Waals surface area contributed by atoms with E-state index in [0.717, 1.165) is 50.4 Å². The molecule has 5 heteroatoms. The van der Waals surface area contributed by atoms with Gasteiger partial charge in [-0.05, 0) is 68.4 Å². The molecule has 0 saturated carbocycles. The normalized spacial score (nSPS) is 20.0. The standard InChI is InChI=1S/C23H34N4S/c1-4-20-10-12-21(13-11-20)24-23(28)25-22-9-5-6-16-27(19(22)3)17-18(2)26-14-7-8-15-26/h10-13,22H,2-9,14-17H2,1H3,(H2,24,25,28). The van der Waals surface area contributed by atoms with Gasteiger partial charge >= 0.3 is 0 Å². The highest BCUT2D eigenvalue weighted by molar-refractivity contribution is 7.80. The highest BCUT2D eigenvalue weighted by atomic mass is 32.1. The van der Waals surface area contributed by atoms with Crippen LogP contribution in [0.1, 0.15) is 44.6 Å². The summed E-state index contributed by atoms with van der Waals surface area (Å²) in [7, 11) is 0. The van der Waals surface area contributed by atoms with Crippen LogP contribution in [0.3, 0.4) is 0 Å². The summed E-state index contributed by atoms with van der Waals surface area (Å²) in [6, 6.07) is 8.62. The van der Waals surface area contributed by atoms with Crippen LogP contribution in [-0.4, -0.2) is 47.1 Å². The molecule has 1 aromatic carbocycles. The molecule has 0 aliphatic carbocycles. The molecule has 3 rings (SSSR count). The maximum Gasteiger partial charge on any atom is 0.171 e. The molecule has 2 heterocycles. The summed E-state index contributed by atoms with van der Waals surface area (Å²) in [6.07, 6.45) is 7.03. The molecule has 1 aromatic rings. The predicted molar refractivity (Wildman–Crippen MR) is 123 cm³/mol. The zero-order chi connectivity index (χ0) is 19.9. The van der Waals surface area contributed by atoms with Crippen molar-refractivity contribution in [1.29, 1.82) is 0 Å².